The predicted octanol–water partition coefficient (Wildman–Crippen LogP) is 13.9. The van der Waals surface area contributed by atoms with Crippen LogP contribution in [0.15, 0.2) is 72.8 Å². The maximum Gasteiger partial charge on any atom is 0.495 e. The average Bonchev–Trinajstić information content (AvgIpc) is 1.62. The molecule has 23 nitrogen and oxygen atoms in total. The number of ether oxygens (including phenoxy) is 6. The van der Waals surface area contributed by atoms with Gasteiger partial charge in [-0.3, -0.25) is 0 Å². The quantitative estimate of drug-likeness (QED) is 0.0183. The van der Waals surface area contributed by atoms with E-state index in [1.807, 2.05) is 117 Å². The Hall–Kier alpha value is -5.20. The van der Waals surface area contributed by atoms with Crippen molar-refractivity contribution in [2.75, 3.05) is 170 Å². The first-order chi connectivity index (χ1) is 50.0. The van der Waals surface area contributed by atoms with Gasteiger partial charge in [-0.1, -0.05) is 17.7 Å². The Kier molecular flexibility index (Phi) is 42.5. The van der Waals surface area contributed by atoms with Crippen molar-refractivity contribution >= 4 is 137 Å². The molecule has 0 spiro atoms. The van der Waals surface area contributed by atoms with Crippen molar-refractivity contribution in [3.8, 4) is 11.1 Å². The van der Waals surface area contributed by atoms with Crippen LogP contribution in [-0.4, -0.2) is 219 Å². The number of carbonyl (C=O) groups is 2. The lowest BCUT2D eigenvalue weighted by Crippen LogP contribution is -2.41. The van der Waals surface area contributed by atoms with Gasteiger partial charge < -0.3 is 90.1 Å². The third-order valence-corrected chi connectivity index (χ3v) is 19.4. The number of hydrogen-bond acceptors (Lipinski definition) is 19. The largest absolute Gasteiger partial charge is 0.495 e. The van der Waals surface area contributed by atoms with Crippen LogP contribution >= 0.6 is 72.2 Å². The zero-order valence-corrected chi connectivity index (χ0v) is 70.8. The van der Waals surface area contributed by atoms with Gasteiger partial charge in [-0.15, -0.1) is 0 Å². The van der Waals surface area contributed by atoms with Crippen LogP contribution in [0, 0.1) is 38.8 Å². The van der Waals surface area contributed by atoms with E-state index in [1.165, 1.54) is 19.4 Å². The highest BCUT2D eigenvalue weighted by molar-refractivity contribution is 14.1. The topological polar surface area (TPSA) is 260 Å². The lowest BCUT2D eigenvalue weighted by molar-refractivity contribution is -0.144. The van der Waals surface area contributed by atoms with Crippen LogP contribution in [0.4, 0.5) is 80.8 Å². The normalized spacial score (nSPS) is 18.0. The van der Waals surface area contributed by atoms with Crippen LogP contribution in [0.2, 0.25) is 0 Å². The average molecular weight is 1790 g/mol. The van der Waals surface area contributed by atoms with Gasteiger partial charge >= 0.3 is 31.5 Å². The summed E-state index contributed by atoms with van der Waals surface area (Å²) in [5.74, 6) is 2.06. The van der Waals surface area contributed by atoms with Crippen LogP contribution < -0.4 is 48.0 Å². The third kappa shape index (κ3) is 34.0. The van der Waals surface area contributed by atoms with Crippen molar-refractivity contribution in [1.29, 1.82) is 0 Å². The Morgan fingerprint density at radius 1 is 0.620 bits per heavy atom. The molecular weight excluding hydrogens is 1680 g/mol. The predicted molar refractivity (Wildman–Crippen MR) is 443 cm³/mol. The van der Waals surface area contributed by atoms with Gasteiger partial charge in [-0.25, -0.2) is 24.5 Å². The molecule has 8 heterocycles. The Bertz CT molecular complexity index is 3470. The number of alkyl halides is 6. The second-order valence-corrected chi connectivity index (χ2v) is 29.7. The Morgan fingerprint density at radius 3 is 1.47 bits per heavy atom. The minimum Gasteiger partial charge on any atom is -0.399 e. The van der Waals surface area contributed by atoms with E-state index in [9.17, 15) is 40.3 Å². The number of pyridine rings is 3. The fourth-order valence-corrected chi connectivity index (χ4v) is 12.2. The Morgan fingerprint density at radius 2 is 1.06 bits per heavy atom. The number of morpholine rings is 2. The number of nitrogen functional groups attached to an aromatic ring is 1. The van der Waals surface area contributed by atoms with Crippen molar-refractivity contribution in [3.05, 3.63) is 97.0 Å². The van der Waals surface area contributed by atoms with Crippen molar-refractivity contribution in [1.82, 2.24) is 24.8 Å². The molecule has 5 aromatic rings. The highest BCUT2D eigenvalue weighted by Crippen LogP contribution is 2.38. The third-order valence-electron chi connectivity index (χ3n) is 18.1. The summed E-state index contributed by atoms with van der Waals surface area (Å²) in [6.45, 7) is 32.4. The minimum atomic E-state index is -4.22. The lowest BCUT2D eigenvalue weighted by Gasteiger charge is -2.32. The molecule has 0 unspecified atom stereocenters. The van der Waals surface area contributed by atoms with Gasteiger partial charge in [-0.2, -0.15) is 57.7 Å². The number of aryl methyl sites for hydroxylation is 2. The van der Waals surface area contributed by atoms with Gasteiger partial charge in [-0.05, 0) is 223 Å². The van der Waals surface area contributed by atoms with E-state index < -0.39 is 73.4 Å². The van der Waals surface area contributed by atoms with Crippen LogP contribution in [0.5, 0.6) is 0 Å². The van der Waals surface area contributed by atoms with Crippen molar-refractivity contribution in [2.24, 2.45) is 17.6 Å². The number of rotatable bonds is 20. The summed E-state index contributed by atoms with van der Waals surface area (Å²) in [4.78, 5) is 45.1. The second-order valence-electron chi connectivity index (χ2n) is 27.2. The smallest absolute Gasteiger partial charge is 0.399 e. The van der Waals surface area contributed by atoms with Crippen molar-refractivity contribution < 1.29 is 78.1 Å². The second kappa shape index (κ2) is 47.4. The monoisotopic (exact) mass is 1790 g/mol. The number of nitrogens with zero attached hydrogens (tertiary/aromatic N) is 7. The van der Waals surface area contributed by atoms with Crippen LogP contribution in [-0.2, 0) is 37.7 Å². The number of methoxy groups -OCH3 is 3. The molecule has 4 amide bonds. The minimum absolute atomic E-state index is 0. The summed E-state index contributed by atoms with van der Waals surface area (Å²) >= 11 is 4.41. The summed E-state index contributed by atoms with van der Waals surface area (Å²) < 4.78 is 134. The Labute approximate surface area is 674 Å². The Balaban J connectivity index is 0.000000366. The number of amides is 4. The first kappa shape index (κ1) is 97.0. The zero-order chi connectivity index (χ0) is 78.5. The standard InChI is InChI=1S/C23H30F3N5O2.C20H28BF3N2O3.C13H20IN3O2.C9H10FIN2O.C4H11NO.C4H10O.2H2S/c1-14-4-5-18(29-22(32)31-7-6-16(13-31)11-23(24,25)26)10-19(14)17-8-20(27)30-21(9-17)28-12-15(2)33-3;1-13-6-7-15(10-16(13)21-28-18(2,3)19(4,5)29-21)25-17(27)26-9-8-14(12-26)11-20(22,23)24;1-10(18-2)9-15-12-7-11(14)8-13(16-12)17-3-5-19-6-4-17;10-8-5-7(11)6-9(12-8)13-1-3-14-4-2-13;1-4(3-5)6-2;1-3-5-4-2;;/h4-5,8-10,15-16H,6-7,11-13H2,1-3H3,(H,29,32)(H3,27,28,30);6-7,10,14H,8-9,11-12H2,1-5H3,(H,25,27);7-8,10H,3-6,9H2,1-2H3,(H,15,16);5-6H,1-4H2;4H,3,5H2,1-2H3;3-4H2,1-2H3;2*1H2/t15-,16-;14-;10-;;4-;;;/m000.0.../s1. The molecule has 0 aliphatic carbocycles. The van der Waals surface area contributed by atoms with Crippen molar-refractivity contribution in [3.63, 3.8) is 0 Å². The molecule has 8 N–H and O–H groups in total. The van der Waals surface area contributed by atoms with E-state index in [2.05, 4.69) is 92.4 Å². The van der Waals surface area contributed by atoms with E-state index >= 15 is 0 Å². The fourth-order valence-electron chi connectivity index (χ4n) is 11.1. The van der Waals surface area contributed by atoms with E-state index in [4.69, 9.17) is 49.2 Å². The number of anilines is 7. The molecule has 608 valence electrons. The lowest BCUT2D eigenvalue weighted by atomic mass is 9.76. The number of nitrogens with one attached hydrogen (secondary N) is 4. The SMILES string of the molecule is CCOCC.CO[C@@H](C)CN.CO[C@@H](C)CNc1cc(-c2cc(NC(=O)N3CC[C@@H](CC(F)(F)F)C3)ccc2C)cc(N)n1.CO[C@@H](C)CNc1cc(I)cc(N2CCOCC2)n1.Cc1ccc(NC(=O)N2CC[C@@H](CC(F)(F)F)C2)cc1B1OC(C)(C)C(C)(C)O1.Fc1cc(I)cc(N2CCOCC2)n1.S.S. The maximum atomic E-state index is 13.0. The molecule has 5 aliphatic heterocycles. The number of benzene rings is 2. The summed E-state index contributed by atoms with van der Waals surface area (Å²) in [5, 5.41) is 12.1. The van der Waals surface area contributed by atoms with Crippen LogP contribution in [0.25, 0.3) is 11.1 Å². The first-order valence-electron chi connectivity index (χ1n) is 35.6. The summed E-state index contributed by atoms with van der Waals surface area (Å²) in [7, 11) is 4.44. The molecule has 3 aromatic heterocycles. The van der Waals surface area contributed by atoms with E-state index in [0.717, 1.165) is 102 Å². The van der Waals surface area contributed by atoms with Crippen LogP contribution in [0.3, 0.4) is 0 Å². The van der Waals surface area contributed by atoms with Crippen molar-refractivity contribution in [2.45, 2.75) is 144 Å². The highest BCUT2D eigenvalue weighted by atomic mass is 127. The van der Waals surface area contributed by atoms with Gasteiger partial charge in [0.15, 0.2) is 0 Å². The highest BCUT2D eigenvalue weighted by Gasteiger charge is 2.52. The molecule has 2 aromatic carbocycles. The molecular formula is C73H113BF7I2N13O10S2. The zero-order valence-electron chi connectivity index (χ0n) is 64.5. The number of carbonyl (C=O) groups excluding carboxylic acids is 2. The van der Waals surface area contributed by atoms with Gasteiger partial charge in [0.25, 0.3) is 0 Å². The molecule has 5 saturated heterocycles. The number of likely N-dealkylation sites (tertiary alicyclic amines) is 2. The van der Waals surface area contributed by atoms with E-state index in [1.54, 1.807) is 45.6 Å². The number of hydrogen-bond donors (Lipinski definition) is 6. The molecule has 108 heavy (non-hydrogen) atoms. The number of halogens is 9. The van der Waals surface area contributed by atoms with Gasteiger partial charge in [0.1, 0.15) is 29.1 Å². The number of urea groups is 2. The summed E-state index contributed by atoms with van der Waals surface area (Å²) in [6.07, 6.45) is -9.05. The van der Waals surface area contributed by atoms with Crippen LogP contribution in [0.1, 0.15) is 99.1 Å². The molecule has 10 rings (SSSR count). The van der Waals surface area contributed by atoms with Gasteiger partial charge in [0.2, 0.25) is 5.95 Å². The molecule has 5 aliphatic rings. The fraction of sp³-hybridized carbons (Fsp3) is 0.603. The molecule has 0 saturated carbocycles. The first-order valence-corrected chi connectivity index (χ1v) is 37.7. The maximum absolute atomic E-state index is 13.0. The van der Waals surface area contributed by atoms with Gasteiger partial charge in [0.05, 0.1) is 55.9 Å². The summed E-state index contributed by atoms with van der Waals surface area (Å²) in [6, 6.07) is 21.2. The molecule has 0 bridgehead atoms. The molecule has 5 atom stereocenters. The molecule has 5 fully saturated rings. The molecule has 0 radical (unpaired) electrons. The van der Waals surface area contributed by atoms with Gasteiger partial charge in [0, 0.05) is 144 Å². The van der Waals surface area contributed by atoms with E-state index in [0.29, 0.717) is 81.1 Å². The van der Waals surface area contributed by atoms with E-state index in [-0.39, 0.29) is 58.4 Å². The molecule has 35 heteroatoms. The number of nitrogens with two attached hydrogens (primary N) is 2. The number of aromatic nitrogens is 3. The summed E-state index contributed by atoms with van der Waals surface area (Å²) in [5.41, 5.74) is 15.8.